The summed E-state index contributed by atoms with van der Waals surface area (Å²) in [5.74, 6) is -2.35. The van der Waals surface area contributed by atoms with Gasteiger partial charge in [-0.1, -0.05) is 54.6 Å². The highest BCUT2D eigenvalue weighted by Crippen LogP contribution is 2.48. The lowest BCUT2D eigenvalue weighted by atomic mass is 9.82. The van der Waals surface area contributed by atoms with E-state index in [9.17, 15) is 14.7 Å². The summed E-state index contributed by atoms with van der Waals surface area (Å²) in [7, 11) is 0. The molecule has 6 nitrogen and oxygen atoms in total. The largest absolute Gasteiger partial charge is 0.481 e. The Hall–Kier alpha value is -3.41. The molecule has 5 rings (SSSR count). The van der Waals surface area contributed by atoms with Crippen LogP contribution < -0.4 is 5.32 Å². The summed E-state index contributed by atoms with van der Waals surface area (Å²) >= 11 is 0. The number of amides is 1. The first kappa shape index (κ1) is 19.5. The molecule has 1 fully saturated rings. The summed E-state index contributed by atoms with van der Waals surface area (Å²) in [5, 5.41) is 19.7. The van der Waals surface area contributed by atoms with Gasteiger partial charge < -0.3 is 10.4 Å². The number of carbonyl (C=O) groups excluding carboxylic acids is 1. The van der Waals surface area contributed by atoms with E-state index in [1.54, 1.807) is 0 Å². The second kappa shape index (κ2) is 7.38. The summed E-state index contributed by atoms with van der Waals surface area (Å²) in [6, 6.07) is 14.5. The van der Waals surface area contributed by atoms with Crippen LogP contribution in [-0.2, 0) is 16.1 Å². The van der Waals surface area contributed by atoms with Crippen LogP contribution in [0.5, 0.6) is 0 Å². The standard InChI is InChI=1S/C25H25N3O3/c1-14-23(26-24(29)21-17-10-11-18(12-17)22(21)25(30)31)15(2)28(27-14)13-19-8-5-7-16-6-3-4-9-20(16)19/h3-11,17-18,21-22H,12-13H2,1-2H3,(H,26,29)(H,30,31)/t17-,18-,21-,22-/m0/s1. The predicted octanol–water partition coefficient (Wildman–Crippen LogP) is 4.16. The number of aliphatic carboxylic acids is 1. The van der Waals surface area contributed by atoms with Crippen molar-refractivity contribution in [3.05, 3.63) is 71.6 Å². The van der Waals surface area contributed by atoms with Crippen LogP contribution in [0.15, 0.2) is 54.6 Å². The Kier molecular flexibility index (Phi) is 4.65. The molecular formula is C25H25N3O3. The average Bonchev–Trinajstić information content (AvgIpc) is 3.44. The van der Waals surface area contributed by atoms with Gasteiger partial charge in [-0.3, -0.25) is 14.3 Å². The third-order valence-corrected chi connectivity index (χ3v) is 6.88. The number of allylic oxidation sites excluding steroid dienone is 2. The third kappa shape index (κ3) is 3.23. The van der Waals surface area contributed by atoms with E-state index in [4.69, 9.17) is 0 Å². The number of carbonyl (C=O) groups is 2. The first-order valence-corrected chi connectivity index (χ1v) is 10.7. The van der Waals surface area contributed by atoms with Gasteiger partial charge in [0.05, 0.1) is 35.5 Å². The number of rotatable bonds is 5. The Bertz CT molecular complexity index is 1220. The smallest absolute Gasteiger partial charge is 0.307 e. The normalized spacial score (nSPS) is 24.1. The highest BCUT2D eigenvalue weighted by molar-refractivity contribution is 5.97. The van der Waals surface area contributed by atoms with Gasteiger partial charge in [-0.05, 0) is 48.4 Å². The molecule has 4 atom stereocenters. The quantitative estimate of drug-likeness (QED) is 0.613. The van der Waals surface area contributed by atoms with Crippen molar-refractivity contribution in [3.8, 4) is 0 Å². The molecule has 2 N–H and O–H groups in total. The Morgan fingerprint density at radius 3 is 2.55 bits per heavy atom. The molecule has 2 aromatic carbocycles. The Morgan fingerprint density at radius 1 is 1.06 bits per heavy atom. The molecule has 6 heteroatoms. The molecule has 31 heavy (non-hydrogen) atoms. The molecule has 3 aromatic rings. The number of nitrogens with one attached hydrogen (secondary N) is 1. The van der Waals surface area contributed by atoms with Crippen molar-refractivity contribution in [3.63, 3.8) is 0 Å². The van der Waals surface area contributed by atoms with Crippen molar-refractivity contribution in [2.45, 2.75) is 26.8 Å². The summed E-state index contributed by atoms with van der Waals surface area (Å²) in [6.45, 7) is 4.41. The van der Waals surface area contributed by atoms with E-state index in [2.05, 4.69) is 34.7 Å². The zero-order valence-electron chi connectivity index (χ0n) is 17.6. The highest BCUT2D eigenvalue weighted by atomic mass is 16.4. The zero-order valence-corrected chi connectivity index (χ0v) is 17.6. The molecule has 0 spiro atoms. The first-order valence-electron chi connectivity index (χ1n) is 10.7. The Balaban J connectivity index is 1.41. The van der Waals surface area contributed by atoms with Crippen molar-refractivity contribution in [1.82, 2.24) is 9.78 Å². The number of aryl methyl sites for hydroxylation is 1. The van der Waals surface area contributed by atoms with Crippen LogP contribution in [0, 0.1) is 37.5 Å². The summed E-state index contributed by atoms with van der Waals surface area (Å²) in [6.07, 6.45) is 4.69. The number of hydrogen-bond donors (Lipinski definition) is 2. The van der Waals surface area contributed by atoms with Gasteiger partial charge in [-0.15, -0.1) is 0 Å². The van der Waals surface area contributed by atoms with Crippen LogP contribution >= 0.6 is 0 Å². The van der Waals surface area contributed by atoms with E-state index < -0.39 is 17.8 Å². The van der Waals surface area contributed by atoms with Crippen LogP contribution in [0.25, 0.3) is 10.8 Å². The molecule has 0 saturated heterocycles. The lowest BCUT2D eigenvalue weighted by Crippen LogP contribution is -2.36. The molecule has 2 bridgehead atoms. The molecule has 158 valence electrons. The van der Waals surface area contributed by atoms with Crippen LogP contribution in [0.1, 0.15) is 23.4 Å². The summed E-state index contributed by atoms with van der Waals surface area (Å²) < 4.78 is 1.90. The van der Waals surface area contributed by atoms with Crippen LogP contribution in [-0.4, -0.2) is 26.8 Å². The van der Waals surface area contributed by atoms with Gasteiger partial charge in [0.15, 0.2) is 0 Å². The molecule has 2 aliphatic carbocycles. The van der Waals surface area contributed by atoms with Crippen molar-refractivity contribution in [2.24, 2.45) is 23.7 Å². The maximum atomic E-state index is 13.1. The van der Waals surface area contributed by atoms with Crippen molar-refractivity contribution < 1.29 is 14.7 Å². The molecular weight excluding hydrogens is 390 g/mol. The minimum absolute atomic E-state index is 0.00237. The Morgan fingerprint density at radius 2 is 1.77 bits per heavy atom. The van der Waals surface area contributed by atoms with E-state index in [1.165, 1.54) is 10.8 Å². The Labute approximate surface area is 180 Å². The summed E-state index contributed by atoms with van der Waals surface area (Å²) in [5.41, 5.74) is 3.44. The van der Waals surface area contributed by atoms with Gasteiger partial charge in [0, 0.05) is 0 Å². The van der Waals surface area contributed by atoms with E-state index in [0.717, 1.165) is 23.4 Å². The van der Waals surface area contributed by atoms with Crippen LogP contribution in [0.4, 0.5) is 5.69 Å². The lowest BCUT2D eigenvalue weighted by Gasteiger charge is -2.24. The van der Waals surface area contributed by atoms with Crippen molar-refractivity contribution >= 4 is 28.3 Å². The van der Waals surface area contributed by atoms with Gasteiger partial charge >= 0.3 is 5.97 Å². The van der Waals surface area contributed by atoms with Gasteiger partial charge in [0.2, 0.25) is 5.91 Å². The van der Waals surface area contributed by atoms with Gasteiger partial charge in [-0.2, -0.15) is 5.10 Å². The number of anilines is 1. The van der Waals surface area contributed by atoms with Crippen molar-refractivity contribution in [1.29, 1.82) is 0 Å². The van der Waals surface area contributed by atoms with E-state index in [0.29, 0.717) is 12.2 Å². The van der Waals surface area contributed by atoms with E-state index in [-0.39, 0.29) is 17.7 Å². The highest BCUT2D eigenvalue weighted by Gasteiger charge is 2.51. The van der Waals surface area contributed by atoms with Crippen LogP contribution in [0.2, 0.25) is 0 Å². The number of nitrogens with zero attached hydrogens (tertiary/aromatic N) is 2. The number of benzene rings is 2. The number of hydrogen-bond acceptors (Lipinski definition) is 3. The number of carboxylic acid groups (broad SMARTS) is 1. The SMILES string of the molecule is Cc1nn(Cc2cccc3ccccc23)c(C)c1NC(=O)[C@@H]1[C@@H](C(=O)O)[C@H]2C=C[C@H]1C2. The van der Waals surface area contributed by atoms with Gasteiger partial charge in [-0.25, -0.2) is 0 Å². The second-order valence-electron chi connectivity index (χ2n) is 8.67. The third-order valence-electron chi connectivity index (χ3n) is 6.88. The zero-order chi connectivity index (χ0) is 21.7. The summed E-state index contributed by atoms with van der Waals surface area (Å²) in [4.78, 5) is 24.9. The molecule has 1 heterocycles. The fourth-order valence-electron chi connectivity index (χ4n) is 5.35. The van der Waals surface area contributed by atoms with Crippen molar-refractivity contribution in [2.75, 3.05) is 5.32 Å². The monoisotopic (exact) mass is 415 g/mol. The topological polar surface area (TPSA) is 84.2 Å². The lowest BCUT2D eigenvalue weighted by molar-refractivity contribution is -0.146. The molecule has 1 aromatic heterocycles. The van der Waals surface area contributed by atoms with Gasteiger partial charge in [0.25, 0.3) is 0 Å². The second-order valence-corrected chi connectivity index (χ2v) is 8.67. The van der Waals surface area contributed by atoms with Crippen LogP contribution in [0.3, 0.4) is 0 Å². The van der Waals surface area contributed by atoms with Gasteiger partial charge in [0.1, 0.15) is 0 Å². The molecule has 1 saturated carbocycles. The molecule has 0 radical (unpaired) electrons. The number of carboxylic acids is 1. The van der Waals surface area contributed by atoms with E-state index >= 15 is 0 Å². The number of aromatic nitrogens is 2. The maximum absolute atomic E-state index is 13.1. The maximum Gasteiger partial charge on any atom is 0.307 e. The fourth-order valence-corrected chi connectivity index (χ4v) is 5.35. The first-order chi connectivity index (χ1) is 14.9. The predicted molar refractivity (Wildman–Crippen MR) is 119 cm³/mol. The fraction of sp³-hybridized carbons (Fsp3) is 0.320. The minimum atomic E-state index is -0.892. The average molecular weight is 415 g/mol. The molecule has 0 aliphatic heterocycles. The molecule has 1 amide bonds. The number of fused-ring (bicyclic) bond motifs is 3. The van der Waals surface area contributed by atoms with E-state index in [1.807, 2.05) is 48.9 Å². The molecule has 0 unspecified atom stereocenters. The minimum Gasteiger partial charge on any atom is -0.481 e. The molecule has 2 aliphatic rings.